The fraction of sp³-hybridized carbons (Fsp3) is 0.462. The molecule has 2 aromatic carbocycles. The van der Waals surface area contributed by atoms with E-state index < -0.39 is 5.60 Å². The first-order valence-corrected chi connectivity index (χ1v) is 11.4. The second-order valence-corrected chi connectivity index (χ2v) is 10.2. The Hall–Kier alpha value is -2.30. The number of nitrogens with zero attached hydrogens (tertiary/aromatic N) is 1. The summed E-state index contributed by atoms with van der Waals surface area (Å²) in [5, 5.41) is 27.0. The van der Waals surface area contributed by atoms with Crippen molar-refractivity contribution in [2.75, 3.05) is 18.4 Å². The molecule has 0 amide bonds. The van der Waals surface area contributed by atoms with Gasteiger partial charge in [0.1, 0.15) is 5.75 Å². The third-order valence-corrected chi connectivity index (χ3v) is 8.68. The zero-order chi connectivity index (χ0) is 20.1. The van der Waals surface area contributed by atoms with Crippen LogP contribution >= 0.6 is 0 Å². The van der Waals surface area contributed by atoms with Crippen molar-refractivity contribution in [3.63, 3.8) is 0 Å². The number of phenolic OH excluding ortho intramolecular Hbond substituents is 1. The molecule has 2 heterocycles. The van der Waals surface area contributed by atoms with Crippen molar-refractivity contribution in [1.82, 2.24) is 4.90 Å². The average Bonchev–Trinajstić information content (AvgIpc) is 3.50. The summed E-state index contributed by atoms with van der Waals surface area (Å²) in [5.74, 6) is 1.12. The number of hydrogen-bond acceptors (Lipinski definition) is 4. The van der Waals surface area contributed by atoms with E-state index in [0.717, 1.165) is 37.5 Å². The largest absolute Gasteiger partial charge is 0.506 e. The minimum atomic E-state index is -0.830. The monoisotopic (exact) mass is 400 g/mol. The lowest BCUT2D eigenvalue weighted by Gasteiger charge is -2.63. The quantitative estimate of drug-likeness (QED) is 0.688. The van der Waals surface area contributed by atoms with Gasteiger partial charge in [-0.15, -0.1) is 0 Å². The van der Waals surface area contributed by atoms with Crippen LogP contribution in [-0.2, 0) is 11.8 Å². The van der Waals surface area contributed by atoms with Gasteiger partial charge in [0, 0.05) is 19.0 Å². The maximum Gasteiger partial charge on any atom is 0.139 e. The number of aromatic hydroxyl groups is 1. The normalized spacial score (nSPS) is 36.1. The first-order valence-electron chi connectivity index (χ1n) is 11.4. The molecule has 4 nitrogen and oxygen atoms in total. The van der Waals surface area contributed by atoms with Gasteiger partial charge in [-0.2, -0.15) is 0 Å². The molecule has 4 atom stereocenters. The molecular formula is C26H28N2O2. The van der Waals surface area contributed by atoms with Crippen LogP contribution in [0.5, 0.6) is 5.75 Å². The molecule has 154 valence electrons. The van der Waals surface area contributed by atoms with Crippen LogP contribution in [0.25, 0.3) is 5.57 Å². The predicted molar refractivity (Wildman–Crippen MR) is 118 cm³/mol. The van der Waals surface area contributed by atoms with Crippen LogP contribution in [0.3, 0.4) is 0 Å². The molecule has 7 rings (SSSR count). The first kappa shape index (κ1) is 17.4. The molecule has 3 aliphatic carbocycles. The SMILES string of the molecule is Oc1ccc2c3c1NC1C=C(c4ccccc4)C[C@@]4(O)C(C2)N(CC2CC2)CC[C@]314. The minimum Gasteiger partial charge on any atom is -0.506 e. The van der Waals surface area contributed by atoms with Crippen LogP contribution in [0.2, 0.25) is 0 Å². The number of nitrogens with one attached hydrogen (secondary N) is 1. The van der Waals surface area contributed by atoms with Crippen molar-refractivity contribution in [1.29, 1.82) is 0 Å². The number of aliphatic hydroxyl groups is 1. The van der Waals surface area contributed by atoms with Crippen LogP contribution < -0.4 is 5.32 Å². The molecule has 2 aromatic rings. The Labute approximate surface area is 177 Å². The highest BCUT2D eigenvalue weighted by atomic mass is 16.3. The van der Waals surface area contributed by atoms with E-state index >= 15 is 0 Å². The summed E-state index contributed by atoms with van der Waals surface area (Å²) >= 11 is 0. The number of rotatable bonds is 3. The van der Waals surface area contributed by atoms with Gasteiger partial charge in [-0.25, -0.2) is 0 Å². The van der Waals surface area contributed by atoms with E-state index in [0.29, 0.717) is 12.2 Å². The Morgan fingerprint density at radius 1 is 1.10 bits per heavy atom. The minimum absolute atomic E-state index is 0.0133. The summed E-state index contributed by atoms with van der Waals surface area (Å²) in [7, 11) is 0. The summed E-state index contributed by atoms with van der Waals surface area (Å²) in [5.41, 5.74) is 4.60. The van der Waals surface area contributed by atoms with Crippen molar-refractivity contribution in [3.05, 3.63) is 65.2 Å². The molecular weight excluding hydrogens is 372 g/mol. The highest BCUT2D eigenvalue weighted by Gasteiger charge is 2.69. The maximum absolute atomic E-state index is 12.6. The molecule has 2 fully saturated rings. The number of anilines is 1. The fourth-order valence-corrected chi connectivity index (χ4v) is 7.17. The Morgan fingerprint density at radius 3 is 2.73 bits per heavy atom. The Balaban J connectivity index is 1.44. The molecule has 1 saturated carbocycles. The van der Waals surface area contributed by atoms with E-state index in [9.17, 15) is 10.2 Å². The molecule has 1 spiro atoms. The topological polar surface area (TPSA) is 55.7 Å². The fourth-order valence-electron chi connectivity index (χ4n) is 7.17. The molecule has 0 aromatic heterocycles. The number of piperidine rings is 1. The van der Waals surface area contributed by atoms with Crippen molar-refractivity contribution in [2.45, 2.75) is 55.2 Å². The highest BCUT2D eigenvalue weighted by Crippen LogP contribution is 2.64. The molecule has 2 bridgehead atoms. The first-order chi connectivity index (χ1) is 14.6. The van der Waals surface area contributed by atoms with E-state index in [1.807, 2.05) is 12.1 Å². The summed E-state index contributed by atoms with van der Waals surface area (Å²) in [6.45, 7) is 2.15. The molecule has 2 aliphatic heterocycles. The van der Waals surface area contributed by atoms with E-state index in [-0.39, 0.29) is 17.5 Å². The number of phenols is 1. The van der Waals surface area contributed by atoms with E-state index in [1.54, 1.807) is 0 Å². The second kappa shape index (κ2) is 5.68. The Kier molecular flexibility index (Phi) is 3.29. The van der Waals surface area contributed by atoms with Gasteiger partial charge in [0.2, 0.25) is 0 Å². The lowest BCUT2D eigenvalue weighted by Crippen LogP contribution is -2.74. The van der Waals surface area contributed by atoms with Crippen LogP contribution in [0.15, 0.2) is 48.5 Å². The van der Waals surface area contributed by atoms with Crippen LogP contribution in [-0.4, -0.2) is 45.9 Å². The molecule has 5 aliphatic rings. The van der Waals surface area contributed by atoms with Gasteiger partial charge in [0.15, 0.2) is 0 Å². The zero-order valence-electron chi connectivity index (χ0n) is 17.1. The molecule has 0 radical (unpaired) electrons. The van der Waals surface area contributed by atoms with Crippen molar-refractivity contribution in [2.24, 2.45) is 5.92 Å². The predicted octanol–water partition coefficient (Wildman–Crippen LogP) is 3.68. The lowest BCUT2D eigenvalue weighted by atomic mass is 9.49. The molecule has 2 unspecified atom stereocenters. The lowest BCUT2D eigenvalue weighted by molar-refractivity contribution is -0.146. The molecule has 1 saturated heterocycles. The van der Waals surface area contributed by atoms with E-state index in [1.165, 1.54) is 35.1 Å². The zero-order valence-corrected chi connectivity index (χ0v) is 17.1. The van der Waals surface area contributed by atoms with Gasteiger partial charge in [0.25, 0.3) is 0 Å². The second-order valence-electron chi connectivity index (χ2n) is 10.2. The van der Waals surface area contributed by atoms with Gasteiger partial charge in [-0.05, 0) is 66.5 Å². The molecule has 3 N–H and O–H groups in total. The molecule has 4 heteroatoms. The van der Waals surface area contributed by atoms with Crippen LogP contribution in [0.1, 0.15) is 42.4 Å². The van der Waals surface area contributed by atoms with E-state index in [2.05, 4.69) is 46.6 Å². The average molecular weight is 401 g/mol. The number of likely N-dealkylation sites (tertiary alicyclic amines) is 1. The number of hydrogen-bond donors (Lipinski definition) is 3. The summed E-state index contributed by atoms with van der Waals surface area (Å²) in [4.78, 5) is 2.60. The van der Waals surface area contributed by atoms with Crippen LogP contribution in [0.4, 0.5) is 5.69 Å². The maximum atomic E-state index is 12.6. The van der Waals surface area contributed by atoms with Crippen molar-refractivity contribution >= 4 is 11.3 Å². The highest BCUT2D eigenvalue weighted by molar-refractivity contribution is 5.80. The smallest absolute Gasteiger partial charge is 0.139 e. The van der Waals surface area contributed by atoms with Gasteiger partial charge in [0.05, 0.1) is 22.7 Å². The van der Waals surface area contributed by atoms with Gasteiger partial charge >= 0.3 is 0 Å². The van der Waals surface area contributed by atoms with E-state index in [4.69, 9.17) is 0 Å². The summed E-state index contributed by atoms with van der Waals surface area (Å²) < 4.78 is 0. The van der Waals surface area contributed by atoms with Crippen molar-refractivity contribution in [3.8, 4) is 5.75 Å². The third-order valence-electron chi connectivity index (χ3n) is 8.68. The van der Waals surface area contributed by atoms with Gasteiger partial charge in [-0.3, -0.25) is 4.90 Å². The van der Waals surface area contributed by atoms with Gasteiger partial charge in [-0.1, -0.05) is 42.5 Å². The Bertz CT molecular complexity index is 1080. The summed E-state index contributed by atoms with van der Waals surface area (Å²) in [6.07, 6.45) is 7.49. The Morgan fingerprint density at radius 2 is 1.93 bits per heavy atom. The number of benzene rings is 2. The van der Waals surface area contributed by atoms with Crippen LogP contribution in [0, 0.1) is 5.92 Å². The molecule has 30 heavy (non-hydrogen) atoms. The summed E-state index contributed by atoms with van der Waals surface area (Å²) in [6, 6.07) is 14.6. The van der Waals surface area contributed by atoms with Gasteiger partial charge < -0.3 is 15.5 Å². The van der Waals surface area contributed by atoms with Crippen molar-refractivity contribution < 1.29 is 10.2 Å². The third kappa shape index (κ3) is 2.04. The standard InChI is InChI=1S/C26H28N2O2/c29-20-9-8-18-13-22-26(30)14-19(17-4-2-1-3-5-17)12-21-25(26,23(18)24(20)27-21)10-11-28(22)15-16-6-7-16/h1-5,8-9,12,16,21-22,27,29-30H,6-7,10-11,13-15H2/t21?,22?,25-,26-/m1/s1.